The first-order valence-corrected chi connectivity index (χ1v) is 10.9. The van der Waals surface area contributed by atoms with Crippen molar-refractivity contribution in [3.8, 4) is 11.1 Å². The predicted octanol–water partition coefficient (Wildman–Crippen LogP) is 4.83. The topological polar surface area (TPSA) is 78.7 Å². The van der Waals surface area contributed by atoms with E-state index in [1.165, 1.54) is 0 Å². The van der Waals surface area contributed by atoms with Crippen molar-refractivity contribution in [2.24, 2.45) is 10.2 Å². The van der Waals surface area contributed by atoms with Gasteiger partial charge in [0.25, 0.3) is 5.91 Å². The van der Waals surface area contributed by atoms with Gasteiger partial charge >= 0.3 is 0 Å². The lowest BCUT2D eigenvalue weighted by Gasteiger charge is -2.48. The van der Waals surface area contributed by atoms with Crippen LogP contribution in [-0.2, 0) is 10.2 Å². The first-order valence-electron chi connectivity index (χ1n) is 10.9. The van der Waals surface area contributed by atoms with Gasteiger partial charge in [-0.3, -0.25) is 9.78 Å². The van der Waals surface area contributed by atoms with Crippen molar-refractivity contribution in [2.45, 2.75) is 57.7 Å². The molecule has 0 saturated heterocycles. The van der Waals surface area contributed by atoms with Crippen LogP contribution < -0.4 is 10.6 Å². The first kappa shape index (κ1) is 20.5. The summed E-state index contributed by atoms with van der Waals surface area (Å²) in [5, 5.41) is 14.3. The number of azo groups is 1. The van der Waals surface area contributed by atoms with Crippen LogP contribution in [0.15, 0.2) is 75.6 Å². The highest BCUT2D eigenvalue weighted by Crippen LogP contribution is 2.53. The molecule has 3 aliphatic rings. The summed E-state index contributed by atoms with van der Waals surface area (Å²) in [5.41, 5.74) is 4.21. The van der Waals surface area contributed by atoms with Crippen molar-refractivity contribution < 1.29 is 9.18 Å². The number of nitrogens with zero attached hydrogens (tertiary/aromatic N) is 3. The third kappa shape index (κ3) is 2.98. The molecule has 6 nitrogen and oxygen atoms in total. The Hall–Kier alpha value is -3.35. The van der Waals surface area contributed by atoms with Crippen LogP contribution in [0.3, 0.4) is 0 Å². The van der Waals surface area contributed by atoms with Gasteiger partial charge in [-0.2, -0.15) is 9.50 Å². The Morgan fingerprint density at radius 3 is 2.72 bits per heavy atom. The standard InChI is InChI=1S/C25H26FN5O/c1-5-25(17-8-6-7-15(12-17)16-9-10-27-14(2)11-16)19-18(13-24(3,4)29-23(19)32)28-22-20(25)21(26)30-31-22/h6-12,22,28H,5,13H2,1-4H3,(H,29,32). The Morgan fingerprint density at radius 1 is 1.19 bits per heavy atom. The van der Waals surface area contributed by atoms with Crippen molar-refractivity contribution in [3.63, 3.8) is 0 Å². The van der Waals surface area contributed by atoms with Gasteiger partial charge in [-0.15, -0.1) is 5.11 Å². The number of fused-ring (bicyclic) bond motifs is 1. The van der Waals surface area contributed by atoms with Crippen LogP contribution in [0, 0.1) is 6.92 Å². The summed E-state index contributed by atoms with van der Waals surface area (Å²) < 4.78 is 15.2. The number of hydrogen-bond donors (Lipinski definition) is 2. The maximum Gasteiger partial charge on any atom is 0.250 e. The third-order valence-electron chi connectivity index (χ3n) is 6.67. The van der Waals surface area contributed by atoms with E-state index in [0.717, 1.165) is 28.1 Å². The molecule has 0 saturated carbocycles. The normalized spacial score (nSPS) is 25.9. The molecule has 164 valence electrons. The summed E-state index contributed by atoms with van der Waals surface area (Å²) in [6.45, 7) is 7.91. The highest BCUT2D eigenvalue weighted by atomic mass is 19.1. The monoisotopic (exact) mass is 431 g/mol. The molecule has 1 aromatic heterocycles. The highest BCUT2D eigenvalue weighted by molar-refractivity contribution is 6.00. The second-order valence-corrected chi connectivity index (χ2v) is 9.36. The molecule has 2 atom stereocenters. The second-order valence-electron chi connectivity index (χ2n) is 9.36. The molecule has 2 N–H and O–H groups in total. The van der Waals surface area contributed by atoms with E-state index in [-0.39, 0.29) is 5.91 Å². The molecule has 1 aromatic carbocycles. The van der Waals surface area contributed by atoms with E-state index in [1.54, 1.807) is 6.20 Å². The SMILES string of the molecule is CCC1(c2cccc(-c3ccnc(C)c3)c2)C2=C(CC(C)(C)NC2=O)NC2N=NC(F)=C21. The molecule has 3 aliphatic heterocycles. The fourth-order valence-electron chi connectivity index (χ4n) is 5.36. The maximum atomic E-state index is 15.2. The number of halogens is 1. The molecule has 0 fully saturated rings. The van der Waals surface area contributed by atoms with Gasteiger partial charge in [-0.05, 0) is 62.1 Å². The average Bonchev–Trinajstić information content (AvgIpc) is 3.12. The fraction of sp³-hybridized carbons (Fsp3) is 0.360. The quantitative estimate of drug-likeness (QED) is 0.683. The Balaban J connectivity index is 1.77. The number of nitrogens with one attached hydrogen (secondary N) is 2. The molecule has 4 heterocycles. The zero-order valence-electron chi connectivity index (χ0n) is 18.7. The molecule has 2 aromatic rings. The molecule has 1 amide bonds. The molecule has 0 radical (unpaired) electrons. The minimum Gasteiger partial charge on any atom is -0.362 e. The number of amides is 1. The minimum absolute atomic E-state index is 0.179. The molecule has 0 bridgehead atoms. The van der Waals surface area contributed by atoms with E-state index in [9.17, 15) is 4.79 Å². The lowest BCUT2D eigenvalue weighted by molar-refractivity contribution is -0.120. The van der Waals surface area contributed by atoms with E-state index in [0.29, 0.717) is 24.0 Å². The maximum absolute atomic E-state index is 15.2. The minimum atomic E-state index is -0.961. The molecular formula is C25H26FN5O. The van der Waals surface area contributed by atoms with E-state index < -0.39 is 23.1 Å². The number of benzene rings is 1. The summed E-state index contributed by atoms with van der Waals surface area (Å²) in [5.74, 6) is -0.792. The van der Waals surface area contributed by atoms with Crippen molar-refractivity contribution in [1.82, 2.24) is 15.6 Å². The smallest absolute Gasteiger partial charge is 0.250 e. The zero-order chi connectivity index (χ0) is 22.7. The molecule has 2 unspecified atom stereocenters. The number of carbonyl (C=O) groups is 1. The zero-order valence-corrected chi connectivity index (χ0v) is 18.7. The van der Waals surface area contributed by atoms with Crippen LogP contribution in [0.2, 0.25) is 0 Å². The Kier molecular flexibility index (Phi) is 4.55. The van der Waals surface area contributed by atoms with Crippen molar-refractivity contribution in [1.29, 1.82) is 0 Å². The number of hydrogen-bond acceptors (Lipinski definition) is 5. The van der Waals surface area contributed by atoms with Crippen molar-refractivity contribution in [3.05, 3.63) is 76.6 Å². The van der Waals surface area contributed by atoms with E-state index in [2.05, 4.69) is 31.9 Å². The van der Waals surface area contributed by atoms with E-state index in [1.807, 2.05) is 58.0 Å². The second kappa shape index (κ2) is 7.08. The number of rotatable bonds is 3. The predicted molar refractivity (Wildman–Crippen MR) is 120 cm³/mol. The van der Waals surface area contributed by atoms with Crippen LogP contribution in [0.1, 0.15) is 44.9 Å². The highest BCUT2D eigenvalue weighted by Gasteiger charge is 2.55. The Labute approximate surface area is 186 Å². The van der Waals surface area contributed by atoms with Crippen molar-refractivity contribution in [2.75, 3.05) is 0 Å². The number of aryl methyl sites for hydroxylation is 1. The summed E-state index contributed by atoms with van der Waals surface area (Å²) in [6.07, 6.45) is 2.29. The van der Waals surface area contributed by atoms with Gasteiger partial charge in [0, 0.05) is 35.1 Å². The molecule has 5 rings (SSSR count). The molecule has 7 heteroatoms. The van der Waals surface area contributed by atoms with Gasteiger partial charge in [0.2, 0.25) is 5.95 Å². The van der Waals surface area contributed by atoms with E-state index >= 15 is 4.39 Å². The Bertz CT molecular complexity index is 1230. The van der Waals surface area contributed by atoms with Gasteiger partial charge < -0.3 is 10.6 Å². The fourth-order valence-corrected chi connectivity index (χ4v) is 5.36. The summed E-state index contributed by atoms with van der Waals surface area (Å²) >= 11 is 0. The first-order chi connectivity index (χ1) is 15.2. The largest absolute Gasteiger partial charge is 0.362 e. The molecule has 0 aliphatic carbocycles. The van der Waals surface area contributed by atoms with Gasteiger partial charge in [0.15, 0.2) is 6.17 Å². The molecular weight excluding hydrogens is 405 g/mol. The van der Waals surface area contributed by atoms with Crippen LogP contribution in [-0.4, -0.2) is 22.6 Å². The van der Waals surface area contributed by atoms with E-state index in [4.69, 9.17) is 0 Å². The van der Waals surface area contributed by atoms with Crippen LogP contribution in [0.4, 0.5) is 4.39 Å². The molecule has 32 heavy (non-hydrogen) atoms. The van der Waals surface area contributed by atoms with Gasteiger partial charge in [0.05, 0.1) is 11.0 Å². The van der Waals surface area contributed by atoms with Crippen LogP contribution >= 0.6 is 0 Å². The van der Waals surface area contributed by atoms with Gasteiger partial charge in [0.1, 0.15) is 0 Å². The Morgan fingerprint density at radius 2 is 1.97 bits per heavy atom. The van der Waals surface area contributed by atoms with Crippen LogP contribution in [0.5, 0.6) is 0 Å². The average molecular weight is 432 g/mol. The van der Waals surface area contributed by atoms with Crippen LogP contribution in [0.25, 0.3) is 11.1 Å². The lowest BCUT2D eigenvalue weighted by Crippen LogP contribution is -2.58. The molecule has 0 spiro atoms. The van der Waals surface area contributed by atoms with Crippen molar-refractivity contribution >= 4 is 5.91 Å². The lowest BCUT2D eigenvalue weighted by atomic mass is 9.62. The van der Waals surface area contributed by atoms with Gasteiger partial charge in [-0.25, -0.2) is 0 Å². The third-order valence-corrected chi connectivity index (χ3v) is 6.67. The summed E-state index contributed by atoms with van der Waals surface area (Å²) in [7, 11) is 0. The summed E-state index contributed by atoms with van der Waals surface area (Å²) in [6, 6.07) is 12.0. The summed E-state index contributed by atoms with van der Waals surface area (Å²) in [4.78, 5) is 17.8. The number of aromatic nitrogens is 1. The number of pyridine rings is 1. The number of carbonyl (C=O) groups excluding carboxylic acids is 1. The van der Waals surface area contributed by atoms with Gasteiger partial charge in [-0.1, -0.05) is 25.1 Å².